The second-order valence-corrected chi connectivity index (χ2v) is 5.45. The van der Waals surface area contributed by atoms with E-state index in [9.17, 15) is 0 Å². The molecule has 0 spiro atoms. The van der Waals surface area contributed by atoms with Crippen molar-refractivity contribution >= 4 is 0 Å². The number of nitrogens with one attached hydrogen (secondary N) is 1. The van der Waals surface area contributed by atoms with Crippen LogP contribution in [0.2, 0.25) is 0 Å². The van der Waals surface area contributed by atoms with Gasteiger partial charge in [-0.3, -0.25) is 0 Å². The van der Waals surface area contributed by atoms with Gasteiger partial charge in [0.05, 0.1) is 6.61 Å². The van der Waals surface area contributed by atoms with Crippen molar-refractivity contribution in [1.29, 1.82) is 0 Å². The number of aromatic nitrogens is 1. The molecule has 5 nitrogen and oxygen atoms in total. The van der Waals surface area contributed by atoms with E-state index in [1.807, 2.05) is 12.3 Å². The normalized spacial score (nSPS) is 23.1. The fourth-order valence-electron chi connectivity index (χ4n) is 2.43. The van der Waals surface area contributed by atoms with Gasteiger partial charge in [0.25, 0.3) is 0 Å². The maximum absolute atomic E-state index is 5.44. The first-order chi connectivity index (χ1) is 9.69. The van der Waals surface area contributed by atoms with Gasteiger partial charge in [-0.25, -0.2) is 4.98 Å². The van der Waals surface area contributed by atoms with Crippen molar-refractivity contribution in [3.8, 4) is 5.88 Å². The van der Waals surface area contributed by atoms with E-state index in [1.165, 1.54) is 12.0 Å². The fraction of sp³-hybridized carbons (Fsp3) is 0.667. The van der Waals surface area contributed by atoms with Crippen LogP contribution in [-0.2, 0) is 11.3 Å². The first-order valence-electron chi connectivity index (χ1n) is 7.19. The van der Waals surface area contributed by atoms with Crippen molar-refractivity contribution in [2.45, 2.75) is 32.0 Å². The van der Waals surface area contributed by atoms with E-state index < -0.39 is 0 Å². The summed E-state index contributed by atoms with van der Waals surface area (Å²) in [4.78, 5) is 6.69. The summed E-state index contributed by atoms with van der Waals surface area (Å²) in [5.41, 5.74) is 1.19. The molecule has 1 fully saturated rings. The molecule has 1 saturated heterocycles. The molecule has 20 heavy (non-hydrogen) atoms. The lowest BCUT2D eigenvalue weighted by Crippen LogP contribution is -2.31. The number of ether oxygens (including phenoxy) is 2. The summed E-state index contributed by atoms with van der Waals surface area (Å²) in [6, 6.07) is 5.22. The largest absolute Gasteiger partial charge is 0.475 e. The molecule has 0 unspecified atom stereocenters. The average molecular weight is 279 g/mol. The number of methoxy groups -OCH3 is 1. The van der Waals surface area contributed by atoms with Gasteiger partial charge < -0.3 is 19.7 Å². The Hall–Kier alpha value is -1.17. The first kappa shape index (κ1) is 15.2. The van der Waals surface area contributed by atoms with E-state index in [0.29, 0.717) is 31.2 Å². The van der Waals surface area contributed by atoms with Crippen LogP contribution in [0.3, 0.4) is 0 Å². The van der Waals surface area contributed by atoms with E-state index >= 15 is 0 Å². The quantitative estimate of drug-likeness (QED) is 0.762. The molecule has 1 N–H and O–H groups in total. The lowest BCUT2D eigenvalue weighted by molar-refractivity contribution is 0.143. The van der Waals surface area contributed by atoms with Crippen LogP contribution in [-0.4, -0.2) is 55.9 Å². The van der Waals surface area contributed by atoms with Crippen LogP contribution >= 0.6 is 0 Å². The van der Waals surface area contributed by atoms with Crippen molar-refractivity contribution < 1.29 is 9.47 Å². The summed E-state index contributed by atoms with van der Waals surface area (Å²) in [6.45, 7) is 5.37. The van der Waals surface area contributed by atoms with Gasteiger partial charge in [0.15, 0.2) is 0 Å². The fourth-order valence-corrected chi connectivity index (χ4v) is 2.43. The zero-order chi connectivity index (χ0) is 14.4. The number of likely N-dealkylation sites (N-methyl/N-ethyl adjacent to an activating group) is 1. The van der Waals surface area contributed by atoms with Crippen molar-refractivity contribution in [2.75, 3.05) is 33.9 Å². The zero-order valence-electron chi connectivity index (χ0n) is 12.6. The molecular weight excluding hydrogens is 254 g/mol. The maximum atomic E-state index is 5.44. The van der Waals surface area contributed by atoms with Crippen LogP contribution < -0.4 is 10.1 Å². The molecule has 0 aliphatic carbocycles. The SMILES string of the molecule is COCCOc1ccc(CN[C@@H]2C[C@@H](C)N(C)C2)cn1. The lowest BCUT2D eigenvalue weighted by Gasteiger charge is -2.13. The molecular formula is C15H25N3O2. The van der Waals surface area contributed by atoms with Gasteiger partial charge in [0.1, 0.15) is 6.61 Å². The Balaban J connectivity index is 1.73. The maximum Gasteiger partial charge on any atom is 0.213 e. The highest BCUT2D eigenvalue weighted by molar-refractivity contribution is 5.17. The van der Waals surface area contributed by atoms with E-state index in [-0.39, 0.29) is 0 Å². The highest BCUT2D eigenvalue weighted by Gasteiger charge is 2.25. The monoisotopic (exact) mass is 279 g/mol. The van der Waals surface area contributed by atoms with E-state index in [2.05, 4.69) is 35.2 Å². The molecule has 1 aromatic rings. The minimum absolute atomic E-state index is 0.535. The predicted molar refractivity (Wildman–Crippen MR) is 78.9 cm³/mol. The summed E-state index contributed by atoms with van der Waals surface area (Å²) in [6.07, 6.45) is 3.08. The Labute approximate surface area is 121 Å². The molecule has 2 rings (SSSR count). The number of hydrogen-bond acceptors (Lipinski definition) is 5. The molecule has 2 heterocycles. The van der Waals surface area contributed by atoms with Gasteiger partial charge in [0.2, 0.25) is 5.88 Å². The first-order valence-corrected chi connectivity index (χ1v) is 7.19. The number of nitrogens with zero attached hydrogens (tertiary/aromatic N) is 2. The van der Waals surface area contributed by atoms with Gasteiger partial charge in [0, 0.05) is 44.5 Å². The summed E-state index contributed by atoms with van der Waals surface area (Å²) in [5, 5.41) is 3.59. The smallest absolute Gasteiger partial charge is 0.213 e. The van der Waals surface area contributed by atoms with E-state index in [1.54, 1.807) is 7.11 Å². The minimum atomic E-state index is 0.535. The zero-order valence-corrected chi connectivity index (χ0v) is 12.6. The predicted octanol–water partition coefficient (Wildman–Crippen LogP) is 1.29. The van der Waals surface area contributed by atoms with Crippen LogP contribution in [0.4, 0.5) is 0 Å². The summed E-state index contributed by atoms with van der Waals surface area (Å²) in [5.74, 6) is 0.653. The molecule has 1 aliphatic heterocycles. The van der Waals surface area contributed by atoms with Crippen LogP contribution in [0.15, 0.2) is 18.3 Å². The Morgan fingerprint density at radius 1 is 1.40 bits per heavy atom. The van der Waals surface area contributed by atoms with Crippen molar-refractivity contribution in [1.82, 2.24) is 15.2 Å². The standard InChI is InChI=1S/C15H25N3O2/c1-12-8-14(11-18(12)2)16-9-13-4-5-15(17-10-13)20-7-6-19-3/h4-5,10,12,14,16H,6-9,11H2,1-3H3/t12-,14-/m1/s1. The second kappa shape index (κ2) is 7.57. The highest BCUT2D eigenvalue weighted by atomic mass is 16.5. The summed E-state index contributed by atoms with van der Waals surface area (Å²) in [7, 11) is 3.84. The number of hydrogen-bond donors (Lipinski definition) is 1. The molecule has 0 aromatic carbocycles. The molecule has 2 atom stereocenters. The van der Waals surface area contributed by atoms with Gasteiger partial charge in [-0.05, 0) is 26.0 Å². The molecule has 112 valence electrons. The van der Waals surface area contributed by atoms with Crippen molar-refractivity contribution in [3.05, 3.63) is 23.9 Å². The molecule has 0 radical (unpaired) electrons. The lowest BCUT2D eigenvalue weighted by atomic mass is 10.2. The average Bonchev–Trinajstić information content (AvgIpc) is 2.77. The van der Waals surface area contributed by atoms with Crippen LogP contribution in [0.25, 0.3) is 0 Å². The van der Waals surface area contributed by atoms with Crippen molar-refractivity contribution in [3.63, 3.8) is 0 Å². The Morgan fingerprint density at radius 2 is 2.25 bits per heavy atom. The van der Waals surface area contributed by atoms with Gasteiger partial charge in [-0.15, -0.1) is 0 Å². The third kappa shape index (κ3) is 4.44. The molecule has 0 saturated carbocycles. The second-order valence-electron chi connectivity index (χ2n) is 5.45. The van der Waals surface area contributed by atoms with Gasteiger partial charge in [-0.2, -0.15) is 0 Å². The summed E-state index contributed by atoms with van der Waals surface area (Å²) < 4.78 is 10.4. The van der Waals surface area contributed by atoms with Crippen LogP contribution in [0.5, 0.6) is 5.88 Å². The molecule has 0 amide bonds. The Morgan fingerprint density at radius 3 is 2.85 bits per heavy atom. The topological polar surface area (TPSA) is 46.6 Å². The molecule has 1 aliphatic rings. The molecule has 0 bridgehead atoms. The van der Waals surface area contributed by atoms with Crippen LogP contribution in [0, 0.1) is 0 Å². The van der Waals surface area contributed by atoms with Gasteiger partial charge >= 0.3 is 0 Å². The number of pyridine rings is 1. The van der Waals surface area contributed by atoms with Gasteiger partial charge in [-0.1, -0.05) is 6.07 Å². The number of rotatable bonds is 7. The molecule has 5 heteroatoms. The third-order valence-corrected chi connectivity index (χ3v) is 3.82. The highest BCUT2D eigenvalue weighted by Crippen LogP contribution is 2.15. The minimum Gasteiger partial charge on any atom is -0.475 e. The van der Waals surface area contributed by atoms with E-state index in [4.69, 9.17) is 9.47 Å². The summed E-state index contributed by atoms with van der Waals surface area (Å²) >= 11 is 0. The Kier molecular flexibility index (Phi) is 5.76. The van der Waals surface area contributed by atoms with Crippen LogP contribution in [0.1, 0.15) is 18.9 Å². The molecule has 1 aromatic heterocycles. The van der Waals surface area contributed by atoms with E-state index in [0.717, 1.165) is 13.1 Å². The third-order valence-electron chi connectivity index (χ3n) is 3.82. The van der Waals surface area contributed by atoms with Crippen molar-refractivity contribution in [2.24, 2.45) is 0 Å². The Bertz CT molecular complexity index is 387. The number of likely N-dealkylation sites (tertiary alicyclic amines) is 1.